The average molecular weight is 861 g/mol. The number of aromatic nitrogens is 4. The third-order valence-electron chi connectivity index (χ3n) is 11.8. The van der Waals surface area contributed by atoms with E-state index < -0.39 is 64.3 Å². The summed E-state index contributed by atoms with van der Waals surface area (Å²) in [6, 6.07) is 9.14. The molecule has 2 aliphatic heterocycles. The fourth-order valence-corrected chi connectivity index (χ4v) is 9.02. The van der Waals surface area contributed by atoms with Crippen LogP contribution in [-0.4, -0.2) is 71.5 Å². The molecule has 17 heteroatoms. The molecule has 7 atom stereocenters. The molecule has 1 aromatic carbocycles. The van der Waals surface area contributed by atoms with E-state index in [2.05, 4.69) is 84.6 Å². The molecule has 0 amide bonds. The van der Waals surface area contributed by atoms with E-state index in [1.165, 1.54) is 15.3 Å². The van der Waals surface area contributed by atoms with Crippen molar-refractivity contribution in [2.75, 3.05) is 0 Å². The lowest BCUT2D eigenvalue weighted by molar-refractivity contribution is -0.0374. The Hall–Kier alpha value is -3.46. The lowest BCUT2D eigenvalue weighted by atomic mass is 10.1. The predicted molar refractivity (Wildman–Crippen MR) is 234 cm³/mol. The van der Waals surface area contributed by atoms with Crippen molar-refractivity contribution < 1.29 is 27.8 Å². The lowest BCUT2D eigenvalue weighted by Crippen LogP contribution is -2.50. The second-order valence-electron chi connectivity index (χ2n) is 18.2. The summed E-state index contributed by atoms with van der Waals surface area (Å²) in [5, 5.41) is -0.0692. The highest BCUT2D eigenvalue weighted by atomic mass is 32.1. The van der Waals surface area contributed by atoms with E-state index in [0.717, 1.165) is 12.8 Å². The molecule has 0 aliphatic carbocycles. The number of nitrogens with zero attached hydrogens (tertiary/aromatic N) is 2. The van der Waals surface area contributed by atoms with Crippen molar-refractivity contribution in [1.29, 1.82) is 0 Å². The standard InChI is InChI=1S/C24H34N2O6SSi.C17H30N2O4Si/c1-8-17-18(31-23(33)29-16-12-10-9-11-13-16)19(32-34(6,7)24(3,4)5)21(30-17)26-14-15(2)20(27)25-22(26)28;1-8-12-9-13(23-24(6,7)17(3,4)5)15(22-12)19-10-11(2)14(20)18-16(19)21/h9-14,17-19,21H,8H2,1-7H3,(H,25,27,28);10,12-13,15H,8-9H2,1-7H3,(H,18,20,21)/t17-,18?,19+,21-;12-,13+,15-/m11/s1. The van der Waals surface area contributed by atoms with E-state index in [-0.39, 0.29) is 33.1 Å². The molecule has 58 heavy (non-hydrogen) atoms. The number of para-hydroxylation sites is 1. The molecule has 2 saturated heterocycles. The van der Waals surface area contributed by atoms with Crippen LogP contribution in [0.1, 0.15) is 98.2 Å². The molecule has 2 aromatic heterocycles. The zero-order valence-corrected chi connectivity index (χ0v) is 39.4. The topological polar surface area (TPSA) is 165 Å². The second kappa shape index (κ2) is 18.4. The number of aromatic amines is 2. The van der Waals surface area contributed by atoms with Gasteiger partial charge in [-0.1, -0.05) is 73.6 Å². The highest BCUT2D eigenvalue weighted by Gasteiger charge is 2.52. The SMILES string of the molecule is CC[C@@H]1C[C@H](O[Si](C)(C)C(C)(C)C)[C@H](n2cc(C)c(=O)[nH]c2=O)O1.CC[C@H]1O[C@@H](n2cc(C)c(=O)[nH]c2=O)[C@@H](O[Si](C)(C)C(C)(C)C)C1OC(=S)Oc1ccccc1. The molecule has 2 aliphatic rings. The summed E-state index contributed by atoms with van der Waals surface area (Å²) in [5.74, 6) is 0.561. The van der Waals surface area contributed by atoms with Gasteiger partial charge >= 0.3 is 16.6 Å². The maximum absolute atomic E-state index is 12.7. The minimum absolute atomic E-state index is 0.0484. The Morgan fingerprint density at radius 3 is 1.74 bits per heavy atom. The summed E-state index contributed by atoms with van der Waals surface area (Å²) in [7, 11) is -4.32. The molecule has 0 bridgehead atoms. The smallest absolute Gasteiger partial charge is 0.358 e. The van der Waals surface area contributed by atoms with E-state index in [1.807, 2.05) is 25.1 Å². The van der Waals surface area contributed by atoms with Crippen LogP contribution < -0.4 is 27.2 Å². The first kappa shape index (κ1) is 47.2. The van der Waals surface area contributed by atoms with Gasteiger partial charge in [-0.15, -0.1) is 0 Å². The van der Waals surface area contributed by atoms with Crippen LogP contribution in [0, 0.1) is 13.8 Å². The first-order valence-corrected chi connectivity index (χ1v) is 26.3. The third kappa shape index (κ3) is 11.0. The van der Waals surface area contributed by atoms with Gasteiger partial charge in [0.05, 0.1) is 18.3 Å². The van der Waals surface area contributed by atoms with Gasteiger partial charge in [-0.25, -0.2) is 9.59 Å². The normalized spacial score (nSPS) is 23.9. The van der Waals surface area contributed by atoms with Gasteiger partial charge in [-0.3, -0.25) is 28.7 Å². The Kier molecular flexibility index (Phi) is 15.0. The largest absolute Gasteiger partial charge is 0.448 e. The van der Waals surface area contributed by atoms with Crippen molar-refractivity contribution >= 4 is 34.1 Å². The number of hydrogen-bond acceptors (Lipinski definition) is 11. The minimum Gasteiger partial charge on any atom is -0.448 e. The third-order valence-corrected chi connectivity index (χ3v) is 21.0. The van der Waals surface area contributed by atoms with E-state index in [1.54, 1.807) is 32.2 Å². The monoisotopic (exact) mass is 860 g/mol. The van der Waals surface area contributed by atoms with Crippen molar-refractivity contribution in [3.63, 3.8) is 0 Å². The summed E-state index contributed by atoms with van der Waals surface area (Å²) in [6.07, 6.45) is 2.23. The van der Waals surface area contributed by atoms with Crippen molar-refractivity contribution in [3.8, 4) is 5.75 Å². The van der Waals surface area contributed by atoms with Crippen LogP contribution in [0.4, 0.5) is 0 Å². The van der Waals surface area contributed by atoms with Crippen molar-refractivity contribution in [2.45, 2.75) is 168 Å². The second-order valence-corrected chi connectivity index (χ2v) is 28.1. The summed E-state index contributed by atoms with van der Waals surface area (Å²) >= 11 is 5.40. The fraction of sp³-hybridized carbons (Fsp3) is 0.634. The molecule has 0 spiro atoms. The Labute approximate surface area is 348 Å². The summed E-state index contributed by atoms with van der Waals surface area (Å²) in [6.45, 7) is 29.0. The fourth-order valence-electron chi connectivity index (χ4n) is 6.20. The zero-order chi connectivity index (χ0) is 43.5. The Balaban J connectivity index is 0.000000273. The summed E-state index contributed by atoms with van der Waals surface area (Å²) in [4.78, 5) is 53.3. The van der Waals surface area contributed by atoms with Crippen LogP contribution in [0.5, 0.6) is 5.75 Å². The number of H-pyrrole nitrogens is 2. The average Bonchev–Trinajstić information content (AvgIpc) is 3.67. The van der Waals surface area contributed by atoms with Gasteiger partial charge in [0.25, 0.3) is 11.1 Å². The molecule has 4 heterocycles. The predicted octanol–water partition coefficient (Wildman–Crippen LogP) is 7.22. The van der Waals surface area contributed by atoms with E-state index >= 15 is 0 Å². The summed E-state index contributed by atoms with van der Waals surface area (Å²) < 4.78 is 40.4. The van der Waals surface area contributed by atoms with Gasteiger partial charge < -0.3 is 27.8 Å². The summed E-state index contributed by atoms with van der Waals surface area (Å²) in [5.41, 5.74) is -0.917. The molecular formula is C41H64N4O10SSi2. The maximum atomic E-state index is 12.7. The number of nitrogens with one attached hydrogen (secondary N) is 2. The molecule has 0 radical (unpaired) electrons. The number of rotatable bonds is 10. The van der Waals surface area contributed by atoms with Crippen LogP contribution >= 0.6 is 12.2 Å². The van der Waals surface area contributed by atoms with E-state index in [4.69, 9.17) is 40.0 Å². The van der Waals surface area contributed by atoms with E-state index in [0.29, 0.717) is 23.3 Å². The van der Waals surface area contributed by atoms with Gasteiger partial charge in [0.1, 0.15) is 11.9 Å². The number of thiocarbonyl (C=S) groups is 1. The van der Waals surface area contributed by atoms with Gasteiger partial charge in [0, 0.05) is 42.2 Å². The Morgan fingerprint density at radius 1 is 0.759 bits per heavy atom. The molecule has 2 fully saturated rings. The molecule has 5 rings (SSSR count). The van der Waals surface area contributed by atoms with Crippen LogP contribution in [0.25, 0.3) is 0 Å². The molecule has 0 saturated carbocycles. The number of ether oxygens (including phenoxy) is 4. The Bertz CT molecular complexity index is 2120. The number of aryl methyl sites for hydroxylation is 2. The molecule has 2 N–H and O–H groups in total. The maximum Gasteiger partial charge on any atom is 0.358 e. The first-order chi connectivity index (χ1) is 26.8. The Morgan fingerprint density at radius 2 is 1.26 bits per heavy atom. The quantitative estimate of drug-likeness (QED) is 0.156. The minimum atomic E-state index is -2.33. The highest BCUT2D eigenvalue weighted by molar-refractivity contribution is 7.79. The van der Waals surface area contributed by atoms with Crippen LogP contribution in [0.3, 0.4) is 0 Å². The molecule has 3 aromatic rings. The van der Waals surface area contributed by atoms with Gasteiger partial charge in [-0.2, -0.15) is 0 Å². The van der Waals surface area contributed by atoms with Crippen LogP contribution in [-0.2, 0) is 23.1 Å². The molecular weight excluding hydrogens is 797 g/mol. The first-order valence-electron chi connectivity index (χ1n) is 20.0. The van der Waals surface area contributed by atoms with Gasteiger partial charge in [-0.05, 0) is 75.1 Å². The lowest BCUT2D eigenvalue weighted by Gasteiger charge is -2.40. The zero-order valence-electron chi connectivity index (χ0n) is 36.6. The number of benzene rings is 1. The van der Waals surface area contributed by atoms with Crippen molar-refractivity contribution in [2.24, 2.45) is 0 Å². The van der Waals surface area contributed by atoms with Gasteiger partial charge in [0.2, 0.25) is 0 Å². The van der Waals surface area contributed by atoms with E-state index in [9.17, 15) is 19.2 Å². The van der Waals surface area contributed by atoms with Crippen LogP contribution in [0.15, 0.2) is 61.9 Å². The highest BCUT2D eigenvalue weighted by Crippen LogP contribution is 2.44. The molecule has 322 valence electrons. The van der Waals surface area contributed by atoms with Crippen molar-refractivity contribution in [3.05, 3.63) is 95.5 Å². The van der Waals surface area contributed by atoms with Gasteiger partial charge in [0.15, 0.2) is 35.2 Å². The number of hydrogen-bond donors (Lipinski definition) is 2. The molecule has 14 nitrogen and oxygen atoms in total. The van der Waals surface area contributed by atoms with Crippen LogP contribution in [0.2, 0.25) is 36.3 Å². The van der Waals surface area contributed by atoms with Crippen molar-refractivity contribution in [1.82, 2.24) is 19.1 Å². The molecule has 1 unspecified atom stereocenters.